The maximum atomic E-state index is 12.6. The molecule has 0 saturated carbocycles. The van der Waals surface area contributed by atoms with Crippen LogP contribution < -0.4 is 21.7 Å². The molecule has 8 rings (SSSR count). The van der Waals surface area contributed by atoms with E-state index in [1.165, 1.54) is 40.6 Å². The molecular formula is C89H83Br2FN4O15. The molecule has 19 nitrogen and oxygen atoms in total. The number of esters is 4. The van der Waals surface area contributed by atoms with Crippen LogP contribution in [0.15, 0.2) is 222 Å². The fraction of sp³-hybridized carbons (Fsp3) is 0.191. The Balaban J connectivity index is 0.000000473. The number of carboxylic acid groups (broad SMARTS) is 1. The summed E-state index contributed by atoms with van der Waals surface area (Å²) in [5, 5.41) is 16.1. The van der Waals surface area contributed by atoms with Crippen LogP contribution in [-0.4, -0.2) is 125 Å². The van der Waals surface area contributed by atoms with Crippen LogP contribution in [-0.2, 0) is 38.0 Å². The van der Waals surface area contributed by atoms with Crippen molar-refractivity contribution in [2.45, 2.75) is 64.8 Å². The number of alkyl carbamates (subject to hydrolysis) is 2. The Kier molecular flexibility index (Phi) is 44.2. The van der Waals surface area contributed by atoms with Crippen LogP contribution in [0.1, 0.15) is 129 Å². The molecule has 0 aliphatic carbocycles. The van der Waals surface area contributed by atoms with E-state index in [-0.39, 0.29) is 30.6 Å². The van der Waals surface area contributed by atoms with Gasteiger partial charge in [-0.2, -0.15) is 0 Å². The van der Waals surface area contributed by atoms with Gasteiger partial charge in [0.25, 0.3) is 5.91 Å². The number of carbonyl (C=O) groups excluding carboxylic acids is 7. The van der Waals surface area contributed by atoms with Gasteiger partial charge in [0.2, 0.25) is 0 Å². The highest BCUT2D eigenvalue weighted by molar-refractivity contribution is 9.28. The Labute approximate surface area is 666 Å². The number of rotatable bonds is 12. The van der Waals surface area contributed by atoms with Gasteiger partial charge in [0.05, 0.1) is 63.6 Å². The van der Waals surface area contributed by atoms with Crippen LogP contribution in [0.2, 0.25) is 0 Å². The molecule has 8 aromatic rings. The summed E-state index contributed by atoms with van der Waals surface area (Å²) in [6.45, 7) is 10.2. The molecule has 0 radical (unpaired) electrons. The standard InChI is InChI=1S/C26H26N2O5.C18H12O2.C17H10O2.C10H8Br2O2.C9H18N2O4.C8H6.CH3F/c1-26(2,3)33-25(31)27-18-22(24(30)32-4)28-23(29)21-16-14-20(15-17-21)13-9-8-12-19-10-6-5-7-11-19;1-20-18(19)17-13-11-16(12-14-17)10-6-5-9-15-7-3-2-4-8-15;18-17(19)16-12-10-15(11-13-16)9-5-4-8-14-6-2-1-3-7-14;1-14-10(13)8-4-2-7(3-5-8)6-9(11)12;1-9(2,3)15-8(13)11-5-6(10)7(12)14-4;1-2-8-6-4-3-5-7-8;1-2/h5-7,10-11,14-17,22H,18H2,1-4H3,(H,27,31)(H,28,29);2-4,7-8,11-14H,1H3;1-3,6-7,10-13H,(H,18,19);2-6H,1H3;6H,5,10H2,1-4H3,(H,11,13);1,3-7H;1H3/t22-;;;;6-;;/m0...0../s1/i;;;;;;1D. The smallest absolute Gasteiger partial charge is 0.407 e. The van der Waals surface area contributed by atoms with Gasteiger partial charge in [0, 0.05) is 51.1 Å². The molecule has 0 unspecified atom stereocenters. The fourth-order valence-electron chi connectivity index (χ4n) is 7.71. The molecule has 0 heterocycles. The number of halogens is 3. The molecule has 0 bridgehead atoms. The molecule has 570 valence electrons. The van der Waals surface area contributed by atoms with Crippen LogP contribution in [0.4, 0.5) is 14.0 Å². The summed E-state index contributed by atoms with van der Waals surface area (Å²) in [4.78, 5) is 91.4. The molecule has 22 heteroatoms. The van der Waals surface area contributed by atoms with Gasteiger partial charge in [-0.3, -0.25) is 14.0 Å². The Morgan fingerprint density at radius 2 is 0.757 bits per heavy atom. The number of terminal acetylenes is 1. The normalized spacial score (nSPS) is 9.94. The third-order valence-electron chi connectivity index (χ3n) is 12.9. The topological polar surface area (TPSA) is 274 Å². The van der Waals surface area contributed by atoms with E-state index in [9.17, 15) is 42.7 Å². The Morgan fingerprint density at radius 1 is 0.459 bits per heavy atom. The first-order chi connectivity index (χ1) is 53.5. The largest absolute Gasteiger partial charge is 0.478 e. The van der Waals surface area contributed by atoms with Crippen molar-refractivity contribution in [1.29, 1.82) is 0 Å². The highest BCUT2D eigenvalue weighted by Gasteiger charge is 2.25. The van der Waals surface area contributed by atoms with Gasteiger partial charge in [-0.25, -0.2) is 28.8 Å². The van der Waals surface area contributed by atoms with E-state index >= 15 is 0 Å². The second-order valence-corrected chi connectivity index (χ2v) is 26.4. The average Bonchev–Trinajstić information content (AvgIpc) is 0.829. The summed E-state index contributed by atoms with van der Waals surface area (Å²) in [5.74, 6) is 33.3. The van der Waals surface area contributed by atoms with Crippen LogP contribution in [0.5, 0.6) is 0 Å². The van der Waals surface area contributed by atoms with Crippen molar-refractivity contribution in [1.82, 2.24) is 16.0 Å². The number of carbonyl (C=O) groups is 8. The maximum absolute atomic E-state index is 12.6. The summed E-state index contributed by atoms with van der Waals surface area (Å²) >= 11 is 6.52. The first kappa shape index (κ1) is 91.8. The van der Waals surface area contributed by atoms with Gasteiger partial charge in [-0.05, 0) is 254 Å². The first-order valence-corrected chi connectivity index (χ1v) is 34.6. The van der Waals surface area contributed by atoms with E-state index in [1.807, 2.05) is 140 Å². The minimum Gasteiger partial charge on any atom is -0.478 e. The maximum Gasteiger partial charge on any atom is 0.407 e. The zero-order chi connectivity index (χ0) is 83.1. The predicted octanol–water partition coefficient (Wildman–Crippen LogP) is 14.4. The van der Waals surface area contributed by atoms with Gasteiger partial charge in [0.15, 0.2) is 0 Å². The number of carboxylic acids is 1. The molecule has 0 spiro atoms. The van der Waals surface area contributed by atoms with Crippen molar-refractivity contribution in [2.24, 2.45) is 5.73 Å². The van der Waals surface area contributed by atoms with E-state index in [4.69, 9.17) is 32.8 Å². The molecular weight excluding hydrogens is 1540 g/mol. The SMILES string of the molecule is C#Cc1ccccc1.COC(=O)[C@@H](N)CNC(=O)OC(C)(C)C.COC(=O)[C@H](CNC(=O)OC(C)(C)C)NC(=O)c1ccc(C#CC#Cc2ccccc2)cc1.COC(=O)c1ccc(C#CC#Cc2ccccc2)cc1.COC(=O)c1ccc(C=C(Br)Br)cc1.O=C(O)c1ccc(C#CC#Cc2ccccc2)cc1.[2H]CF. The molecule has 0 aromatic heterocycles. The Morgan fingerprint density at radius 3 is 1.05 bits per heavy atom. The molecule has 0 fully saturated rings. The number of hydrogen-bond donors (Lipinski definition) is 5. The lowest BCUT2D eigenvalue weighted by molar-refractivity contribution is -0.143. The number of ether oxygens (including phenoxy) is 6. The van der Waals surface area contributed by atoms with Crippen LogP contribution in [0.3, 0.4) is 0 Å². The highest BCUT2D eigenvalue weighted by atomic mass is 79.9. The van der Waals surface area contributed by atoms with Crippen LogP contribution in [0.25, 0.3) is 6.08 Å². The van der Waals surface area contributed by atoms with Crippen molar-refractivity contribution >= 4 is 85.9 Å². The average molecular weight is 1630 g/mol. The quantitative estimate of drug-likeness (QED) is 0.0432. The second kappa shape index (κ2) is 53.4. The summed E-state index contributed by atoms with van der Waals surface area (Å²) in [7, 11) is 4.15. The van der Waals surface area contributed by atoms with Gasteiger partial charge in [0.1, 0.15) is 23.3 Å². The molecule has 0 aliphatic rings. The summed E-state index contributed by atoms with van der Waals surface area (Å²) < 4.78 is 44.7. The molecule has 8 aromatic carbocycles. The molecule has 6 N–H and O–H groups in total. The molecule has 2 atom stereocenters. The lowest BCUT2D eigenvalue weighted by Crippen LogP contribution is -2.49. The highest BCUT2D eigenvalue weighted by Crippen LogP contribution is 2.19. The van der Waals surface area contributed by atoms with Gasteiger partial charge in [-0.1, -0.05) is 126 Å². The number of hydrogen-bond acceptors (Lipinski definition) is 15. The third-order valence-corrected chi connectivity index (χ3v) is 13.4. The van der Waals surface area contributed by atoms with Crippen LogP contribution in [0, 0.1) is 83.4 Å². The molecule has 3 amide bonds. The minimum absolute atomic E-state index is 0.0123. The molecule has 111 heavy (non-hydrogen) atoms. The minimum atomic E-state index is -1.08. The fourth-order valence-corrected chi connectivity index (χ4v) is 8.23. The van der Waals surface area contributed by atoms with Gasteiger partial charge < -0.3 is 55.2 Å². The van der Waals surface area contributed by atoms with Crippen LogP contribution >= 0.6 is 31.9 Å². The number of nitrogens with two attached hydrogens (primary N) is 1. The second-order valence-electron chi connectivity index (χ2n) is 23.6. The number of benzene rings is 8. The van der Waals surface area contributed by atoms with E-state index in [0.717, 1.165) is 42.3 Å². The zero-order valence-electron chi connectivity index (χ0n) is 63.6. The predicted molar refractivity (Wildman–Crippen MR) is 435 cm³/mol. The number of methoxy groups -OCH3 is 4. The van der Waals surface area contributed by atoms with Gasteiger partial charge >= 0.3 is 42.0 Å². The first-order valence-electron chi connectivity index (χ1n) is 33.7. The van der Waals surface area contributed by atoms with E-state index in [0.29, 0.717) is 22.3 Å². The van der Waals surface area contributed by atoms with Crippen molar-refractivity contribution in [3.05, 3.63) is 289 Å². The van der Waals surface area contributed by atoms with Crippen molar-refractivity contribution < 1.29 is 77.6 Å². The monoisotopic (exact) mass is 1630 g/mol. The lowest BCUT2D eigenvalue weighted by atomic mass is 10.1. The summed E-state index contributed by atoms with van der Waals surface area (Å²) in [6, 6.07) is 63.4. The van der Waals surface area contributed by atoms with E-state index in [1.54, 1.807) is 114 Å². The molecule has 0 saturated heterocycles. The number of nitrogens with one attached hydrogen (secondary N) is 3. The molecule has 0 aliphatic heterocycles. The number of aromatic carboxylic acids is 1. The zero-order valence-corrected chi connectivity index (χ0v) is 65.8. The lowest BCUT2D eigenvalue weighted by Gasteiger charge is -2.21. The van der Waals surface area contributed by atoms with Crippen molar-refractivity contribution in [3.63, 3.8) is 0 Å². The third kappa shape index (κ3) is 43.1. The van der Waals surface area contributed by atoms with E-state index in [2.05, 4.69) is 139 Å². The van der Waals surface area contributed by atoms with Crippen molar-refractivity contribution in [2.75, 3.05) is 48.7 Å². The Bertz CT molecular complexity index is 4810. The summed E-state index contributed by atoms with van der Waals surface area (Å²) in [6.07, 6.45) is 5.68. The van der Waals surface area contributed by atoms with Gasteiger partial charge in [-0.15, -0.1) is 6.42 Å². The number of alkyl halides is 1. The summed E-state index contributed by atoms with van der Waals surface area (Å²) in [5.41, 5.74) is 12.7. The van der Waals surface area contributed by atoms with Crippen molar-refractivity contribution in [3.8, 4) is 83.4 Å². The number of amides is 3. The van der Waals surface area contributed by atoms with E-state index < -0.39 is 66.4 Å². The Hall–Kier alpha value is -13.4.